The van der Waals surface area contributed by atoms with Crippen LogP contribution in [0.1, 0.15) is 44.9 Å². The Hall–Kier alpha value is -3.50. The molecule has 4 rings (SSSR count). The molecule has 0 aliphatic carbocycles. The summed E-state index contributed by atoms with van der Waals surface area (Å²) in [6, 6.07) is 12.6. The Balaban J connectivity index is 1.64. The number of nitrogens with one attached hydrogen (secondary N) is 1. The molecule has 1 amide bonds. The van der Waals surface area contributed by atoms with E-state index in [2.05, 4.69) is 10.3 Å². The van der Waals surface area contributed by atoms with Gasteiger partial charge < -0.3 is 19.7 Å². The number of Topliss-reactive ketones (excluding diaryl/α,β-unsaturated/α-hetero) is 1. The summed E-state index contributed by atoms with van der Waals surface area (Å²) in [6.07, 6.45) is 0. The zero-order valence-corrected chi connectivity index (χ0v) is 24.2. The highest BCUT2D eigenvalue weighted by molar-refractivity contribution is 7.98. The lowest BCUT2D eigenvalue weighted by atomic mass is 9.93. The SMILES string of the molecule is CCN(CC)C(=O)COc1ccc(C2C(C(C)=O)=C(C)Nc3nc(SCc4ccccc4Cl)nn32)cc1OC. The third-order valence-corrected chi connectivity index (χ3v) is 7.75. The highest BCUT2D eigenvalue weighted by Gasteiger charge is 2.33. The van der Waals surface area contributed by atoms with E-state index in [-0.39, 0.29) is 18.3 Å². The fourth-order valence-electron chi connectivity index (χ4n) is 4.50. The predicted octanol–water partition coefficient (Wildman–Crippen LogP) is 5.36. The highest BCUT2D eigenvalue weighted by Crippen LogP contribution is 2.40. The fourth-order valence-corrected chi connectivity index (χ4v) is 5.61. The molecule has 3 aromatic rings. The molecule has 0 spiro atoms. The molecule has 39 heavy (non-hydrogen) atoms. The minimum atomic E-state index is -0.527. The second kappa shape index (κ2) is 12.6. The van der Waals surface area contributed by atoms with Crippen LogP contribution in [0.5, 0.6) is 11.5 Å². The van der Waals surface area contributed by atoms with Gasteiger partial charge in [-0.1, -0.05) is 47.6 Å². The molecule has 9 nitrogen and oxygen atoms in total. The number of fused-ring (bicyclic) bond motifs is 1. The van der Waals surface area contributed by atoms with E-state index in [1.165, 1.54) is 25.8 Å². The molecular weight excluding hydrogens is 538 g/mol. The topological polar surface area (TPSA) is 98.6 Å². The number of aromatic nitrogens is 3. The Kier molecular flexibility index (Phi) is 9.19. The van der Waals surface area contributed by atoms with Gasteiger partial charge in [0.2, 0.25) is 11.1 Å². The summed E-state index contributed by atoms with van der Waals surface area (Å²) < 4.78 is 13.1. The van der Waals surface area contributed by atoms with Gasteiger partial charge in [-0.3, -0.25) is 9.59 Å². The number of carbonyl (C=O) groups excluding carboxylic acids is 2. The number of ketones is 1. The molecule has 0 saturated heterocycles. The molecule has 11 heteroatoms. The van der Waals surface area contributed by atoms with Gasteiger partial charge in [-0.15, -0.1) is 5.10 Å². The molecule has 2 heterocycles. The molecule has 1 atom stereocenters. The minimum absolute atomic E-state index is 0.0828. The second-order valence-electron chi connectivity index (χ2n) is 8.93. The zero-order chi connectivity index (χ0) is 28.1. The minimum Gasteiger partial charge on any atom is -0.493 e. The third kappa shape index (κ3) is 6.23. The summed E-state index contributed by atoms with van der Waals surface area (Å²) in [7, 11) is 1.54. The number of hydrogen-bond acceptors (Lipinski definition) is 8. The number of halogens is 1. The van der Waals surface area contributed by atoms with Gasteiger partial charge in [0.1, 0.15) is 6.04 Å². The first-order valence-electron chi connectivity index (χ1n) is 12.7. The second-order valence-corrected chi connectivity index (χ2v) is 10.3. The van der Waals surface area contributed by atoms with Crippen molar-refractivity contribution in [3.8, 4) is 11.5 Å². The normalized spacial score (nSPS) is 14.5. The van der Waals surface area contributed by atoms with Crippen LogP contribution in [0.15, 0.2) is 58.9 Å². The maximum Gasteiger partial charge on any atom is 0.260 e. The number of allylic oxidation sites excluding steroid dienone is 2. The summed E-state index contributed by atoms with van der Waals surface area (Å²) >= 11 is 7.78. The lowest BCUT2D eigenvalue weighted by molar-refractivity contribution is -0.133. The Morgan fingerprint density at radius 3 is 2.56 bits per heavy atom. The predicted molar refractivity (Wildman–Crippen MR) is 153 cm³/mol. The molecule has 1 aliphatic heterocycles. The quantitative estimate of drug-likeness (QED) is 0.308. The van der Waals surface area contributed by atoms with E-state index in [0.29, 0.717) is 57.7 Å². The van der Waals surface area contributed by atoms with Gasteiger partial charge in [-0.25, -0.2) is 4.68 Å². The summed E-state index contributed by atoms with van der Waals surface area (Å²) in [6.45, 7) is 8.38. The van der Waals surface area contributed by atoms with Gasteiger partial charge in [0.05, 0.1) is 7.11 Å². The van der Waals surface area contributed by atoms with E-state index in [1.807, 2.05) is 57.2 Å². The number of rotatable bonds is 11. The van der Waals surface area contributed by atoms with E-state index in [0.717, 1.165) is 11.1 Å². The molecule has 0 saturated carbocycles. The number of carbonyl (C=O) groups is 2. The van der Waals surface area contributed by atoms with Gasteiger partial charge in [0.15, 0.2) is 23.9 Å². The standard InChI is InChI=1S/C28H32ClN5O4S/c1-6-33(7-2)24(36)15-38-22-13-12-19(14-23(22)37-5)26-25(18(4)35)17(3)30-27-31-28(32-34(26)27)39-16-20-10-8-9-11-21(20)29/h8-14,26H,6-7,15-16H2,1-5H3,(H,30,31,32). The molecule has 1 aliphatic rings. The molecule has 1 unspecified atom stereocenters. The van der Waals surface area contributed by atoms with Crippen LogP contribution < -0.4 is 14.8 Å². The van der Waals surface area contributed by atoms with Crippen LogP contribution in [0.25, 0.3) is 0 Å². The maximum absolute atomic E-state index is 12.8. The van der Waals surface area contributed by atoms with Crippen molar-refractivity contribution in [3.63, 3.8) is 0 Å². The first kappa shape index (κ1) is 28.5. The molecule has 2 aromatic carbocycles. The Bertz CT molecular complexity index is 1400. The summed E-state index contributed by atoms with van der Waals surface area (Å²) in [5.74, 6) is 1.85. The Morgan fingerprint density at radius 1 is 1.15 bits per heavy atom. The van der Waals surface area contributed by atoms with Gasteiger partial charge >= 0.3 is 0 Å². The summed E-state index contributed by atoms with van der Waals surface area (Å²) in [4.78, 5) is 31.6. The van der Waals surface area contributed by atoms with Gasteiger partial charge in [0.25, 0.3) is 5.91 Å². The Morgan fingerprint density at radius 2 is 1.90 bits per heavy atom. The van der Waals surface area contributed by atoms with Gasteiger partial charge in [0, 0.05) is 35.1 Å². The molecule has 0 fully saturated rings. The number of ether oxygens (including phenoxy) is 2. The molecule has 0 radical (unpaired) electrons. The molecule has 1 N–H and O–H groups in total. The van der Waals surface area contributed by atoms with Crippen LogP contribution in [0.2, 0.25) is 5.02 Å². The van der Waals surface area contributed by atoms with Crippen LogP contribution in [0, 0.1) is 0 Å². The van der Waals surface area contributed by atoms with E-state index < -0.39 is 6.04 Å². The molecule has 1 aromatic heterocycles. The van der Waals surface area contributed by atoms with Crippen LogP contribution in [-0.2, 0) is 15.3 Å². The molecule has 0 bridgehead atoms. The number of thioether (sulfide) groups is 1. The van der Waals surface area contributed by atoms with Crippen LogP contribution in [0.4, 0.5) is 5.95 Å². The number of nitrogens with zero attached hydrogens (tertiary/aromatic N) is 4. The van der Waals surface area contributed by atoms with Crippen molar-refractivity contribution in [1.82, 2.24) is 19.7 Å². The smallest absolute Gasteiger partial charge is 0.260 e. The average Bonchev–Trinajstić information content (AvgIpc) is 3.33. The van der Waals surface area contributed by atoms with Crippen molar-refractivity contribution in [3.05, 3.63) is 69.9 Å². The van der Waals surface area contributed by atoms with Crippen molar-refractivity contribution in [2.24, 2.45) is 0 Å². The van der Waals surface area contributed by atoms with Crippen LogP contribution in [0.3, 0.4) is 0 Å². The maximum atomic E-state index is 12.8. The van der Waals surface area contributed by atoms with Gasteiger partial charge in [-0.05, 0) is 57.0 Å². The Labute approximate surface area is 237 Å². The largest absolute Gasteiger partial charge is 0.493 e. The lowest BCUT2D eigenvalue weighted by Gasteiger charge is -2.28. The van der Waals surface area contributed by atoms with Crippen molar-refractivity contribution in [2.45, 2.75) is 44.6 Å². The van der Waals surface area contributed by atoms with Gasteiger partial charge in [-0.2, -0.15) is 4.98 Å². The number of methoxy groups -OCH3 is 1. The number of amides is 1. The van der Waals surface area contributed by atoms with Crippen molar-refractivity contribution in [2.75, 3.05) is 32.1 Å². The monoisotopic (exact) mass is 569 g/mol. The molecule has 206 valence electrons. The number of likely N-dealkylation sites (N-methyl/N-ethyl adjacent to an activating group) is 1. The van der Waals surface area contributed by atoms with E-state index >= 15 is 0 Å². The van der Waals surface area contributed by atoms with Crippen molar-refractivity contribution >= 4 is 41.0 Å². The van der Waals surface area contributed by atoms with E-state index in [4.69, 9.17) is 26.2 Å². The van der Waals surface area contributed by atoms with Crippen LogP contribution in [-0.4, -0.2) is 58.2 Å². The van der Waals surface area contributed by atoms with Crippen molar-refractivity contribution < 1.29 is 19.1 Å². The average molecular weight is 570 g/mol. The molecular formula is C28H32ClN5O4S. The third-order valence-electron chi connectivity index (χ3n) is 6.50. The first-order valence-corrected chi connectivity index (χ1v) is 14.0. The van der Waals surface area contributed by atoms with Crippen LogP contribution >= 0.6 is 23.4 Å². The summed E-state index contributed by atoms with van der Waals surface area (Å²) in [5, 5.41) is 9.22. The lowest BCUT2D eigenvalue weighted by Crippen LogP contribution is -2.34. The number of anilines is 1. The highest BCUT2D eigenvalue weighted by atomic mass is 35.5. The van der Waals surface area contributed by atoms with E-state index in [9.17, 15) is 9.59 Å². The number of benzene rings is 2. The first-order chi connectivity index (χ1) is 18.8. The zero-order valence-electron chi connectivity index (χ0n) is 22.7. The van der Waals surface area contributed by atoms with E-state index in [1.54, 1.807) is 15.6 Å². The van der Waals surface area contributed by atoms with Crippen molar-refractivity contribution in [1.29, 1.82) is 0 Å². The number of hydrogen-bond donors (Lipinski definition) is 1. The summed E-state index contributed by atoms with van der Waals surface area (Å²) in [5.41, 5.74) is 3.04. The fraction of sp³-hybridized carbons (Fsp3) is 0.357.